The number of unbranched alkanes of at least 4 members (excludes halogenated alkanes) is 26. The van der Waals surface area contributed by atoms with Crippen molar-refractivity contribution in [1.29, 1.82) is 0 Å². The molecule has 3 unspecified atom stereocenters. The highest BCUT2D eigenvalue weighted by Gasteiger charge is 2.26. The van der Waals surface area contributed by atoms with E-state index in [1.165, 1.54) is 128 Å². The van der Waals surface area contributed by atoms with Crippen LogP contribution in [-0.4, -0.2) is 47.8 Å². The summed E-state index contributed by atoms with van der Waals surface area (Å²) in [4.78, 5) is 22.7. The lowest BCUT2D eigenvalue weighted by Crippen LogP contribution is -2.45. The molecule has 0 rings (SSSR count). The summed E-state index contributed by atoms with van der Waals surface area (Å²) in [5.74, 6) is -0.208. The normalized spacial score (nSPS) is 14.4. The fourth-order valence-corrected chi connectivity index (χ4v) is 7.27. The monoisotopic (exact) mass is 783 g/mol. The van der Waals surface area contributed by atoms with Crippen LogP contribution < -0.4 is 11.1 Å². The number of carbonyl (C=O) groups excluding carboxylic acids is 1. The molecule has 0 aliphatic heterocycles. The molecular formula is C45H87N2O6P. The highest BCUT2D eigenvalue weighted by atomic mass is 31.2. The quantitative estimate of drug-likeness (QED) is 0.0275. The lowest BCUT2D eigenvalue weighted by molar-refractivity contribution is -0.123. The number of aliphatic hydroxyl groups is 1. The van der Waals surface area contributed by atoms with Crippen molar-refractivity contribution in [2.24, 2.45) is 5.73 Å². The Hall–Kier alpha value is -1.28. The second-order valence-electron chi connectivity index (χ2n) is 15.3. The van der Waals surface area contributed by atoms with Gasteiger partial charge in [-0.1, -0.05) is 192 Å². The molecule has 8 nitrogen and oxygen atoms in total. The van der Waals surface area contributed by atoms with Gasteiger partial charge in [-0.3, -0.25) is 13.8 Å². The van der Waals surface area contributed by atoms with Crippen LogP contribution in [0.25, 0.3) is 0 Å². The number of aliphatic hydroxyl groups excluding tert-OH is 1. The van der Waals surface area contributed by atoms with E-state index in [2.05, 4.69) is 43.5 Å². The van der Waals surface area contributed by atoms with Crippen LogP contribution in [0.4, 0.5) is 0 Å². The van der Waals surface area contributed by atoms with Gasteiger partial charge in [-0.05, 0) is 51.4 Å². The lowest BCUT2D eigenvalue weighted by Gasteiger charge is -2.23. The van der Waals surface area contributed by atoms with Gasteiger partial charge in [0.1, 0.15) is 0 Å². The van der Waals surface area contributed by atoms with Gasteiger partial charge in [0.15, 0.2) is 0 Å². The van der Waals surface area contributed by atoms with Crippen molar-refractivity contribution < 1.29 is 28.4 Å². The maximum atomic E-state index is 12.8. The minimum absolute atomic E-state index is 0.0758. The van der Waals surface area contributed by atoms with Crippen LogP contribution in [0.5, 0.6) is 0 Å². The van der Waals surface area contributed by atoms with Gasteiger partial charge in [-0.25, -0.2) is 4.57 Å². The molecule has 0 aromatic carbocycles. The summed E-state index contributed by atoms with van der Waals surface area (Å²) in [5.41, 5.74) is 5.37. The number of amides is 1. The first-order valence-corrected chi connectivity index (χ1v) is 24.1. The first kappa shape index (κ1) is 52.7. The molecule has 0 aromatic heterocycles. The number of carbonyl (C=O) groups is 1. The van der Waals surface area contributed by atoms with Crippen molar-refractivity contribution in [3.8, 4) is 0 Å². The van der Waals surface area contributed by atoms with Crippen LogP contribution in [-0.2, 0) is 18.4 Å². The van der Waals surface area contributed by atoms with Crippen molar-refractivity contribution in [3.63, 3.8) is 0 Å². The molecule has 0 bridgehead atoms. The van der Waals surface area contributed by atoms with E-state index >= 15 is 0 Å². The summed E-state index contributed by atoms with van der Waals surface area (Å²) in [7, 11) is -4.34. The van der Waals surface area contributed by atoms with Crippen molar-refractivity contribution in [3.05, 3.63) is 36.5 Å². The predicted octanol–water partition coefficient (Wildman–Crippen LogP) is 12.7. The molecule has 5 N–H and O–H groups in total. The molecule has 0 saturated heterocycles. The fourth-order valence-electron chi connectivity index (χ4n) is 6.52. The first-order chi connectivity index (χ1) is 26.4. The maximum Gasteiger partial charge on any atom is 0.472 e. The van der Waals surface area contributed by atoms with E-state index in [-0.39, 0.29) is 25.7 Å². The summed E-state index contributed by atoms with van der Waals surface area (Å²) < 4.78 is 22.1. The molecule has 0 aliphatic carbocycles. The Morgan fingerprint density at radius 3 is 1.50 bits per heavy atom. The van der Waals surface area contributed by atoms with Crippen LogP contribution in [0.15, 0.2) is 36.5 Å². The Balaban J connectivity index is 4.20. The fraction of sp³-hybridized carbons (Fsp3) is 0.844. The number of nitrogens with one attached hydrogen (secondary N) is 1. The number of rotatable bonds is 42. The highest BCUT2D eigenvalue weighted by molar-refractivity contribution is 7.47. The van der Waals surface area contributed by atoms with E-state index in [0.717, 1.165) is 64.2 Å². The molecule has 54 heavy (non-hydrogen) atoms. The number of phosphoric acid groups is 1. The SMILES string of the molecule is CCCCC/C=C\C/C=C\CCCCCCCC(=O)NC(COP(=O)(O)OCCN)C(O)/C=C/CCCCCCCCCCCCCCCCCCCC. The van der Waals surface area contributed by atoms with Crippen molar-refractivity contribution >= 4 is 13.7 Å². The second kappa shape index (κ2) is 41.4. The number of nitrogens with two attached hydrogens (primary N) is 1. The zero-order valence-electron chi connectivity index (χ0n) is 35.2. The predicted molar refractivity (Wildman–Crippen MR) is 231 cm³/mol. The molecule has 0 spiro atoms. The van der Waals surface area contributed by atoms with Gasteiger partial charge in [0.2, 0.25) is 5.91 Å². The molecule has 0 heterocycles. The van der Waals surface area contributed by atoms with Gasteiger partial charge in [0.25, 0.3) is 0 Å². The van der Waals surface area contributed by atoms with Crippen LogP contribution in [0.2, 0.25) is 0 Å². The smallest absolute Gasteiger partial charge is 0.387 e. The number of hydrogen-bond donors (Lipinski definition) is 4. The summed E-state index contributed by atoms with van der Waals surface area (Å²) in [6.07, 6.45) is 49.1. The average molecular weight is 783 g/mol. The Kier molecular flexibility index (Phi) is 40.4. The molecule has 1 amide bonds. The molecular weight excluding hydrogens is 695 g/mol. The minimum Gasteiger partial charge on any atom is -0.387 e. The van der Waals surface area contributed by atoms with E-state index in [0.29, 0.717) is 6.42 Å². The third-order valence-electron chi connectivity index (χ3n) is 9.96. The standard InChI is InChI=1S/C45H87N2O6P/c1-3-5-7-9-11-13-15-17-19-20-21-22-23-25-26-28-30-32-34-36-38-44(48)43(42-53-54(50,51)52-41-40-46)47-45(49)39-37-35-33-31-29-27-24-18-16-14-12-10-8-6-4-2/h12,14,18,24,36,38,43-44,48H,3-11,13,15-17,19-23,25-35,37,39-42,46H2,1-2H3,(H,47,49)(H,50,51)/b14-12-,24-18-,38-36+. The van der Waals surface area contributed by atoms with Gasteiger partial charge in [0, 0.05) is 13.0 Å². The Labute approximate surface area is 333 Å². The summed E-state index contributed by atoms with van der Waals surface area (Å²) >= 11 is 0. The Morgan fingerprint density at radius 1 is 0.611 bits per heavy atom. The third kappa shape index (κ3) is 39.0. The lowest BCUT2D eigenvalue weighted by atomic mass is 10.0. The largest absolute Gasteiger partial charge is 0.472 e. The Bertz CT molecular complexity index is 943. The molecule has 0 saturated carbocycles. The molecule has 0 aromatic rings. The molecule has 0 fully saturated rings. The first-order valence-electron chi connectivity index (χ1n) is 22.6. The van der Waals surface area contributed by atoms with Gasteiger partial charge in [-0.15, -0.1) is 0 Å². The summed E-state index contributed by atoms with van der Waals surface area (Å²) in [6, 6.07) is -0.867. The van der Waals surface area contributed by atoms with E-state index in [4.69, 9.17) is 14.8 Å². The van der Waals surface area contributed by atoms with E-state index < -0.39 is 20.0 Å². The molecule has 318 valence electrons. The topological polar surface area (TPSA) is 131 Å². The number of allylic oxidation sites excluding steroid dienone is 5. The number of phosphoric ester groups is 1. The van der Waals surface area contributed by atoms with Crippen LogP contribution in [0.3, 0.4) is 0 Å². The molecule has 3 atom stereocenters. The zero-order valence-corrected chi connectivity index (χ0v) is 36.1. The average Bonchev–Trinajstić information content (AvgIpc) is 3.16. The van der Waals surface area contributed by atoms with Gasteiger partial charge < -0.3 is 21.1 Å². The van der Waals surface area contributed by atoms with E-state index in [9.17, 15) is 19.4 Å². The molecule has 0 radical (unpaired) electrons. The Morgan fingerprint density at radius 2 is 1.02 bits per heavy atom. The van der Waals surface area contributed by atoms with Crippen molar-refractivity contribution in [2.45, 2.75) is 225 Å². The van der Waals surface area contributed by atoms with Crippen molar-refractivity contribution in [2.75, 3.05) is 19.8 Å². The summed E-state index contributed by atoms with van der Waals surface area (Å²) in [5, 5.41) is 13.7. The van der Waals surface area contributed by atoms with Gasteiger partial charge >= 0.3 is 7.82 Å². The summed E-state index contributed by atoms with van der Waals surface area (Å²) in [6.45, 7) is 4.11. The van der Waals surface area contributed by atoms with Crippen LogP contribution in [0.1, 0.15) is 213 Å². The van der Waals surface area contributed by atoms with Crippen molar-refractivity contribution in [1.82, 2.24) is 5.32 Å². The molecule has 9 heteroatoms. The maximum absolute atomic E-state index is 12.8. The second-order valence-corrected chi connectivity index (χ2v) is 16.7. The van der Waals surface area contributed by atoms with Crippen LogP contribution in [0, 0.1) is 0 Å². The van der Waals surface area contributed by atoms with Gasteiger partial charge in [-0.2, -0.15) is 0 Å². The number of hydrogen-bond acceptors (Lipinski definition) is 6. The zero-order chi connectivity index (χ0) is 39.6. The van der Waals surface area contributed by atoms with Crippen LogP contribution >= 0.6 is 7.82 Å². The highest BCUT2D eigenvalue weighted by Crippen LogP contribution is 2.43. The van der Waals surface area contributed by atoms with E-state index in [1.54, 1.807) is 6.08 Å². The molecule has 0 aliphatic rings. The van der Waals surface area contributed by atoms with Gasteiger partial charge in [0.05, 0.1) is 25.4 Å². The van der Waals surface area contributed by atoms with E-state index in [1.807, 2.05) is 6.08 Å². The third-order valence-corrected chi connectivity index (χ3v) is 10.9. The minimum atomic E-state index is -4.34.